The molecule has 0 aliphatic heterocycles. The Labute approximate surface area is 120 Å². The molecule has 2 aromatic carbocycles. The van der Waals surface area contributed by atoms with Crippen LogP contribution in [0.5, 0.6) is 0 Å². The summed E-state index contributed by atoms with van der Waals surface area (Å²) in [4.78, 5) is 1.32. The zero-order valence-corrected chi connectivity index (χ0v) is 12.4. The monoisotopic (exact) mass is 271 g/mol. The summed E-state index contributed by atoms with van der Waals surface area (Å²) in [6, 6.07) is 19.9. The maximum absolute atomic E-state index is 3.58. The van der Waals surface area contributed by atoms with E-state index in [2.05, 4.69) is 73.1 Å². The van der Waals surface area contributed by atoms with Gasteiger partial charge in [-0.15, -0.1) is 11.8 Å². The van der Waals surface area contributed by atoms with Crippen molar-refractivity contribution in [3.05, 3.63) is 65.7 Å². The lowest BCUT2D eigenvalue weighted by atomic mass is 9.99. The third-order valence-corrected chi connectivity index (χ3v) is 3.99. The molecule has 0 heterocycles. The van der Waals surface area contributed by atoms with Crippen LogP contribution in [0.3, 0.4) is 0 Å². The highest BCUT2D eigenvalue weighted by atomic mass is 32.2. The smallest absolute Gasteiger partial charge is 0.0360 e. The molecule has 0 saturated carbocycles. The van der Waals surface area contributed by atoms with Crippen molar-refractivity contribution >= 4 is 11.8 Å². The Kier molecular flexibility index (Phi) is 5.49. The Hall–Kier alpha value is -1.25. The minimum atomic E-state index is 0.392. The Bertz CT molecular complexity index is 478. The highest BCUT2D eigenvalue weighted by Gasteiger charge is 2.10. The topological polar surface area (TPSA) is 12.0 Å². The van der Waals surface area contributed by atoms with Crippen molar-refractivity contribution in [1.82, 2.24) is 5.32 Å². The molecule has 0 aliphatic rings. The number of nitrogens with one attached hydrogen (secondary N) is 1. The summed E-state index contributed by atoms with van der Waals surface area (Å²) in [7, 11) is 0. The summed E-state index contributed by atoms with van der Waals surface area (Å²) in [6.45, 7) is 3.15. The minimum absolute atomic E-state index is 0.392. The molecule has 2 heteroatoms. The number of likely N-dealkylation sites (N-methyl/N-ethyl adjacent to an activating group) is 1. The Morgan fingerprint density at radius 3 is 2.26 bits per heavy atom. The van der Waals surface area contributed by atoms with Gasteiger partial charge in [-0.05, 0) is 42.5 Å². The van der Waals surface area contributed by atoms with Gasteiger partial charge in [0.15, 0.2) is 0 Å². The average molecular weight is 271 g/mol. The lowest BCUT2D eigenvalue weighted by Crippen LogP contribution is -2.22. The van der Waals surface area contributed by atoms with Crippen LogP contribution in [0.25, 0.3) is 0 Å². The van der Waals surface area contributed by atoms with E-state index in [4.69, 9.17) is 0 Å². The van der Waals surface area contributed by atoms with Gasteiger partial charge in [0, 0.05) is 10.9 Å². The fourth-order valence-electron chi connectivity index (χ4n) is 2.24. The molecule has 0 aliphatic carbocycles. The van der Waals surface area contributed by atoms with E-state index in [1.807, 2.05) is 0 Å². The van der Waals surface area contributed by atoms with E-state index in [-0.39, 0.29) is 0 Å². The number of benzene rings is 2. The lowest BCUT2D eigenvalue weighted by Gasteiger charge is -2.19. The summed E-state index contributed by atoms with van der Waals surface area (Å²) in [5.41, 5.74) is 2.74. The van der Waals surface area contributed by atoms with Crippen LogP contribution in [0.15, 0.2) is 59.5 Å². The fourth-order valence-corrected chi connectivity index (χ4v) is 2.65. The Morgan fingerprint density at radius 1 is 1.00 bits per heavy atom. The average Bonchev–Trinajstić information content (AvgIpc) is 2.48. The van der Waals surface area contributed by atoms with Gasteiger partial charge in [-0.2, -0.15) is 0 Å². The highest BCUT2D eigenvalue weighted by Crippen LogP contribution is 2.22. The summed E-state index contributed by atoms with van der Waals surface area (Å²) in [5.74, 6) is 0. The third-order valence-electron chi connectivity index (χ3n) is 3.25. The summed E-state index contributed by atoms with van der Waals surface area (Å²) in [5, 5.41) is 3.58. The second-order valence-electron chi connectivity index (χ2n) is 4.57. The summed E-state index contributed by atoms with van der Waals surface area (Å²) >= 11 is 1.79. The van der Waals surface area contributed by atoms with Crippen molar-refractivity contribution in [2.45, 2.75) is 24.3 Å². The van der Waals surface area contributed by atoms with Crippen molar-refractivity contribution in [3.8, 4) is 0 Å². The van der Waals surface area contributed by atoms with E-state index in [0.29, 0.717) is 6.04 Å². The normalized spacial score (nSPS) is 12.3. The van der Waals surface area contributed by atoms with E-state index >= 15 is 0 Å². The van der Waals surface area contributed by atoms with Gasteiger partial charge in [-0.25, -0.2) is 0 Å². The molecule has 19 heavy (non-hydrogen) atoms. The van der Waals surface area contributed by atoms with Crippen molar-refractivity contribution in [2.24, 2.45) is 0 Å². The van der Waals surface area contributed by atoms with E-state index in [0.717, 1.165) is 13.0 Å². The molecule has 1 unspecified atom stereocenters. The second kappa shape index (κ2) is 7.37. The maximum Gasteiger partial charge on any atom is 0.0360 e. The molecule has 100 valence electrons. The van der Waals surface area contributed by atoms with Crippen LogP contribution in [0, 0.1) is 0 Å². The molecule has 0 bridgehead atoms. The molecule has 0 fully saturated rings. The van der Waals surface area contributed by atoms with Crippen LogP contribution < -0.4 is 5.32 Å². The largest absolute Gasteiger partial charge is 0.310 e. The molecule has 0 amide bonds. The Balaban J connectivity index is 2.14. The third kappa shape index (κ3) is 4.12. The molecule has 1 atom stereocenters. The molecule has 0 spiro atoms. The molecule has 1 N–H and O–H groups in total. The van der Waals surface area contributed by atoms with Gasteiger partial charge >= 0.3 is 0 Å². The number of thioether (sulfide) groups is 1. The van der Waals surface area contributed by atoms with Crippen LogP contribution >= 0.6 is 11.8 Å². The van der Waals surface area contributed by atoms with Gasteiger partial charge in [-0.3, -0.25) is 0 Å². The van der Waals surface area contributed by atoms with E-state index in [9.17, 15) is 0 Å². The number of hydrogen-bond acceptors (Lipinski definition) is 2. The predicted octanol–water partition coefficient (Wildman–Crippen LogP) is 4.30. The van der Waals surface area contributed by atoms with E-state index in [1.165, 1.54) is 16.0 Å². The maximum atomic E-state index is 3.58. The van der Waals surface area contributed by atoms with Crippen molar-refractivity contribution in [3.63, 3.8) is 0 Å². The first kappa shape index (κ1) is 14.2. The predicted molar refractivity (Wildman–Crippen MR) is 84.8 cm³/mol. The van der Waals surface area contributed by atoms with Crippen LogP contribution in [0.1, 0.15) is 24.1 Å². The van der Waals surface area contributed by atoms with Gasteiger partial charge in [-0.1, -0.05) is 49.4 Å². The Morgan fingerprint density at radius 2 is 1.68 bits per heavy atom. The zero-order chi connectivity index (χ0) is 13.5. The molecule has 2 rings (SSSR count). The first-order valence-electron chi connectivity index (χ1n) is 6.74. The van der Waals surface area contributed by atoms with Crippen LogP contribution in [-0.2, 0) is 6.42 Å². The number of hydrogen-bond donors (Lipinski definition) is 1. The van der Waals surface area contributed by atoms with Gasteiger partial charge in [0.1, 0.15) is 0 Å². The van der Waals surface area contributed by atoms with Crippen molar-refractivity contribution in [2.75, 3.05) is 12.8 Å². The first-order valence-corrected chi connectivity index (χ1v) is 7.97. The standard InChI is InChI=1S/C17H21NS/c1-3-18-17(13-14-7-5-4-6-8-14)15-9-11-16(19-2)12-10-15/h4-12,17-18H,3,13H2,1-2H3. The van der Waals surface area contributed by atoms with E-state index in [1.54, 1.807) is 11.8 Å². The fraction of sp³-hybridized carbons (Fsp3) is 0.294. The SMILES string of the molecule is CCNC(Cc1ccccc1)c1ccc(SC)cc1. The first-order chi connectivity index (χ1) is 9.33. The van der Waals surface area contributed by atoms with Crippen LogP contribution in [0.2, 0.25) is 0 Å². The zero-order valence-electron chi connectivity index (χ0n) is 11.6. The van der Waals surface area contributed by atoms with Gasteiger partial charge in [0.2, 0.25) is 0 Å². The molecule has 0 aromatic heterocycles. The summed E-state index contributed by atoms with van der Waals surface area (Å²) < 4.78 is 0. The number of rotatable bonds is 6. The molecule has 2 aromatic rings. The molecule has 0 saturated heterocycles. The van der Waals surface area contributed by atoms with Crippen LogP contribution in [0.4, 0.5) is 0 Å². The quantitative estimate of drug-likeness (QED) is 0.786. The van der Waals surface area contributed by atoms with Gasteiger partial charge in [0.25, 0.3) is 0 Å². The molecular weight excluding hydrogens is 250 g/mol. The van der Waals surface area contributed by atoms with Gasteiger partial charge in [0.05, 0.1) is 0 Å². The highest BCUT2D eigenvalue weighted by molar-refractivity contribution is 7.98. The minimum Gasteiger partial charge on any atom is -0.310 e. The molecule has 0 radical (unpaired) electrons. The van der Waals surface area contributed by atoms with E-state index < -0.39 is 0 Å². The van der Waals surface area contributed by atoms with Crippen molar-refractivity contribution in [1.29, 1.82) is 0 Å². The van der Waals surface area contributed by atoms with Crippen molar-refractivity contribution < 1.29 is 0 Å². The molecular formula is C17H21NS. The molecule has 1 nitrogen and oxygen atoms in total. The second-order valence-corrected chi connectivity index (χ2v) is 5.45. The lowest BCUT2D eigenvalue weighted by molar-refractivity contribution is 0.549. The van der Waals surface area contributed by atoms with Gasteiger partial charge < -0.3 is 5.32 Å². The summed E-state index contributed by atoms with van der Waals surface area (Å²) in [6.07, 6.45) is 3.15. The van der Waals surface area contributed by atoms with Crippen LogP contribution in [-0.4, -0.2) is 12.8 Å².